The molecule has 0 saturated carbocycles. The number of aromatic nitrogens is 1. The first-order valence-electron chi connectivity index (χ1n) is 4.31. The van der Waals surface area contributed by atoms with Crippen molar-refractivity contribution in [3.8, 4) is 0 Å². The van der Waals surface area contributed by atoms with Gasteiger partial charge in [-0.2, -0.15) is 0 Å². The van der Waals surface area contributed by atoms with E-state index in [0.717, 1.165) is 13.1 Å². The number of hydrogen-bond acceptors (Lipinski definition) is 1. The molecule has 2 rings (SSSR count). The second-order valence-corrected chi connectivity index (χ2v) is 3.48. The minimum absolute atomic E-state index is 0.144. The van der Waals surface area contributed by atoms with Crippen LogP contribution >= 0.6 is 0 Å². The monoisotopic (exact) mass is 168 g/mol. The van der Waals surface area contributed by atoms with Gasteiger partial charge in [0, 0.05) is 25.0 Å². The maximum Gasteiger partial charge on any atom is 0.140 e. The highest BCUT2D eigenvalue weighted by Crippen LogP contribution is 2.21. The molecule has 2 heterocycles. The molecule has 0 unspecified atom stereocenters. The second-order valence-electron chi connectivity index (χ2n) is 3.48. The second kappa shape index (κ2) is 2.90. The number of hydrogen-bond donors (Lipinski definition) is 1. The van der Waals surface area contributed by atoms with Gasteiger partial charge in [-0.15, -0.1) is 0 Å². The Labute approximate surface area is 71.4 Å². The molecule has 1 aromatic rings. The Balaban J connectivity index is 2.19. The van der Waals surface area contributed by atoms with E-state index in [9.17, 15) is 4.39 Å². The maximum absolute atomic E-state index is 12.7. The molecule has 0 radical (unpaired) electrons. The van der Waals surface area contributed by atoms with Crippen LogP contribution in [0.1, 0.15) is 13.0 Å². The van der Waals surface area contributed by atoms with Crippen molar-refractivity contribution >= 4 is 0 Å². The summed E-state index contributed by atoms with van der Waals surface area (Å²) < 4.78 is 14.6. The van der Waals surface area contributed by atoms with E-state index in [-0.39, 0.29) is 5.82 Å². The Morgan fingerprint density at radius 3 is 2.92 bits per heavy atom. The van der Waals surface area contributed by atoms with Crippen molar-refractivity contribution in [2.75, 3.05) is 13.1 Å². The normalized spacial score (nSPS) is 29.5. The fourth-order valence-corrected chi connectivity index (χ4v) is 1.79. The van der Waals surface area contributed by atoms with E-state index in [1.165, 1.54) is 6.07 Å². The minimum Gasteiger partial charge on any atom is -0.347 e. The van der Waals surface area contributed by atoms with Gasteiger partial charge in [0.15, 0.2) is 0 Å². The lowest BCUT2D eigenvalue weighted by Gasteiger charge is -2.15. The standard InChI is InChI=1S/C9H13FN2/c1-7-4-11-5-9(7)12-3-2-8(10)6-12/h2-3,6-7,9,11H,4-5H2,1H3/t7-,9-/m1/s1. The maximum atomic E-state index is 12.7. The first kappa shape index (κ1) is 7.80. The van der Waals surface area contributed by atoms with Crippen molar-refractivity contribution in [2.24, 2.45) is 5.92 Å². The SMILES string of the molecule is C[C@@H]1CNC[C@H]1n1ccc(F)c1. The highest BCUT2D eigenvalue weighted by atomic mass is 19.1. The van der Waals surface area contributed by atoms with Gasteiger partial charge < -0.3 is 9.88 Å². The van der Waals surface area contributed by atoms with Crippen molar-refractivity contribution in [3.05, 3.63) is 24.3 Å². The van der Waals surface area contributed by atoms with Gasteiger partial charge in [0.05, 0.1) is 0 Å². The van der Waals surface area contributed by atoms with Crippen LogP contribution in [-0.2, 0) is 0 Å². The first-order chi connectivity index (χ1) is 5.77. The van der Waals surface area contributed by atoms with Crippen LogP contribution < -0.4 is 5.32 Å². The molecule has 2 nitrogen and oxygen atoms in total. The number of rotatable bonds is 1. The molecule has 0 spiro atoms. The van der Waals surface area contributed by atoms with Gasteiger partial charge >= 0.3 is 0 Å². The third-order valence-corrected chi connectivity index (χ3v) is 2.54. The zero-order valence-corrected chi connectivity index (χ0v) is 7.13. The highest BCUT2D eigenvalue weighted by Gasteiger charge is 2.23. The van der Waals surface area contributed by atoms with Crippen molar-refractivity contribution in [1.82, 2.24) is 9.88 Å². The summed E-state index contributed by atoms with van der Waals surface area (Å²) in [4.78, 5) is 0. The smallest absolute Gasteiger partial charge is 0.140 e. The highest BCUT2D eigenvalue weighted by molar-refractivity contribution is 4.99. The van der Waals surface area contributed by atoms with E-state index >= 15 is 0 Å². The van der Waals surface area contributed by atoms with E-state index in [4.69, 9.17) is 0 Å². The van der Waals surface area contributed by atoms with Gasteiger partial charge in [-0.05, 0) is 18.5 Å². The summed E-state index contributed by atoms with van der Waals surface area (Å²) in [5.74, 6) is 0.450. The number of nitrogens with one attached hydrogen (secondary N) is 1. The topological polar surface area (TPSA) is 17.0 Å². The van der Waals surface area contributed by atoms with Crippen LogP contribution in [0.5, 0.6) is 0 Å². The van der Waals surface area contributed by atoms with Gasteiger partial charge in [-0.3, -0.25) is 0 Å². The molecule has 0 aromatic carbocycles. The summed E-state index contributed by atoms with van der Waals surface area (Å²) in [6.07, 6.45) is 3.37. The first-order valence-corrected chi connectivity index (χ1v) is 4.31. The molecular formula is C9H13FN2. The average molecular weight is 168 g/mol. The summed E-state index contributed by atoms with van der Waals surface area (Å²) in [6, 6.07) is 1.93. The van der Waals surface area contributed by atoms with E-state index in [0.29, 0.717) is 12.0 Å². The fourth-order valence-electron chi connectivity index (χ4n) is 1.79. The number of halogens is 1. The summed E-state index contributed by atoms with van der Waals surface area (Å²) in [7, 11) is 0. The van der Waals surface area contributed by atoms with Crippen molar-refractivity contribution in [1.29, 1.82) is 0 Å². The summed E-state index contributed by atoms with van der Waals surface area (Å²) in [6.45, 7) is 4.17. The van der Waals surface area contributed by atoms with Crippen LogP contribution in [0.2, 0.25) is 0 Å². The summed E-state index contributed by atoms with van der Waals surface area (Å²) >= 11 is 0. The third-order valence-electron chi connectivity index (χ3n) is 2.54. The molecule has 0 bridgehead atoms. The van der Waals surface area contributed by atoms with Crippen LogP contribution in [0.15, 0.2) is 18.5 Å². The number of nitrogens with zero attached hydrogens (tertiary/aromatic N) is 1. The van der Waals surface area contributed by atoms with Crippen molar-refractivity contribution in [2.45, 2.75) is 13.0 Å². The largest absolute Gasteiger partial charge is 0.347 e. The molecule has 1 fully saturated rings. The van der Waals surface area contributed by atoms with Gasteiger partial charge in [0.25, 0.3) is 0 Å². The molecule has 1 aromatic heterocycles. The van der Waals surface area contributed by atoms with Crippen LogP contribution in [0.3, 0.4) is 0 Å². The predicted molar refractivity (Wildman–Crippen MR) is 45.5 cm³/mol. The molecule has 1 aliphatic rings. The molecule has 1 N–H and O–H groups in total. The van der Waals surface area contributed by atoms with Gasteiger partial charge in [0.1, 0.15) is 5.82 Å². The van der Waals surface area contributed by atoms with Crippen LogP contribution in [0, 0.1) is 11.7 Å². The van der Waals surface area contributed by atoms with Gasteiger partial charge in [-0.25, -0.2) is 4.39 Å². The average Bonchev–Trinajstić information content (AvgIpc) is 2.58. The van der Waals surface area contributed by atoms with Crippen LogP contribution in [0.4, 0.5) is 4.39 Å². The lowest BCUT2D eigenvalue weighted by molar-refractivity contribution is 0.435. The predicted octanol–water partition coefficient (Wildman–Crippen LogP) is 1.41. The Bertz CT molecular complexity index is 269. The quantitative estimate of drug-likeness (QED) is 0.670. The van der Waals surface area contributed by atoms with Gasteiger partial charge in [0.2, 0.25) is 0 Å². The molecule has 66 valence electrons. The lowest BCUT2D eigenvalue weighted by Crippen LogP contribution is -2.14. The molecule has 2 atom stereocenters. The van der Waals surface area contributed by atoms with E-state index in [2.05, 4.69) is 12.2 Å². The van der Waals surface area contributed by atoms with Crippen LogP contribution in [0.25, 0.3) is 0 Å². The molecule has 0 aliphatic carbocycles. The summed E-state index contributed by atoms with van der Waals surface area (Å²) in [5.41, 5.74) is 0. The Morgan fingerprint density at radius 1 is 1.58 bits per heavy atom. The van der Waals surface area contributed by atoms with Crippen molar-refractivity contribution < 1.29 is 4.39 Å². The van der Waals surface area contributed by atoms with E-state index in [1.54, 1.807) is 6.20 Å². The molecule has 1 saturated heterocycles. The molecule has 12 heavy (non-hydrogen) atoms. The molecule has 3 heteroatoms. The molecule has 0 amide bonds. The fraction of sp³-hybridized carbons (Fsp3) is 0.556. The van der Waals surface area contributed by atoms with Crippen LogP contribution in [-0.4, -0.2) is 17.7 Å². The van der Waals surface area contributed by atoms with E-state index in [1.807, 2.05) is 10.8 Å². The molecular weight excluding hydrogens is 155 g/mol. The zero-order chi connectivity index (χ0) is 8.55. The van der Waals surface area contributed by atoms with E-state index < -0.39 is 0 Å². The Hall–Kier alpha value is -0.830. The van der Waals surface area contributed by atoms with Gasteiger partial charge in [-0.1, -0.05) is 6.92 Å². The Kier molecular flexibility index (Phi) is 1.89. The third kappa shape index (κ3) is 1.25. The summed E-state index contributed by atoms with van der Waals surface area (Å²) in [5, 5.41) is 3.29. The van der Waals surface area contributed by atoms with Crippen molar-refractivity contribution in [3.63, 3.8) is 0 Å². The lowest BCUT2D eigenvalue weighted by atomic mass is 10.1. The zero-order valence-electron chi connectivity index (χ0n) is 7.13. The Morgan fingerprint density at radius 2 is 2.42 bits per heavy atom. The minimum atomic E-state index is -0.144. The molecule has 1 aliphatic heterocycles.